The number of fused-ring (bicyclic) bond motifs is 1. The number of β-lactam (4-membered cyclic amide) rings is 1. The van der Waals surface area contributed by atoms with Crippen molar-refractivity contribution in [3.63, 3.8) is 0 Å². The Morgan fingerprint density at radius 1 is 1.17 bits per heavy atom. The van der Waals surface area contributed by atoms with Crippen molar-refractivity contribution in [3.05, 3.63) is 68.6 Å². The van der Waals surface area contributed by atoms with Crippen LogP contribution in [0.15, 0.2) is 52.8 Å². The zero-order chi connectivity index (χ0) is 26.1. The second-order valence-electron chi connectivity index (χ2n) is 7.82. The number of hydrogen-bond acceptors (Lipinski definition) is 6. The third-order valence-corrected chi connectivity index (χ3v) is 8.99. The SMILES string of the molecule is NC(=O)c1cc[n+](CC2=C(C(=O)O)N3C(=O)[C@H](NC(=O)CSc4cc(Cl)c(Cl)cc4Cl)[C@H]3SC2)cc1. The lowest BCUT2D eigenvalue weighted by Crippen LogP contribution is -2.70. The van der Waals surface area contributed by atoms with Crippen LogP contribution in [0.1, 0.15) is 10.4 Å². The number of carbonyl (C=O) groups is 4. The van der Waals surface area contributed by atoms with E-state index in [0.29, 0.717) is 36.9 Å². The van der Waals surface area contributed by atoms with Crippen LogP contribution in [0.2, 0.25) is 15.1 Å². The van der Waals surface area contributed by atoms with Crippen molar-refractivity contribution in [2.45, 2.75) is 22.9 Å². The molecular formula is C22H18Cl3N4O5S2+. The lowest BCUT2D eigenvalue weighted by molar-refractivity contribution is -0.689. The quantitative estimate of drug-likeness (QED) is 0.187. The van der Waals surface area contributed by atoms with E-state index in [4.69, 9.17) is 40.5 Å². The fourth-order valence-electron chi connectivity index (χ4n) is 3.73. The van der Waals surface area contributed by atoms with Gasteiger partial charge >= 0.3 is 5.97 Å². The maximum Gasteiger partial charge on any atom is 0.352 e. The average molecular weight is 589 g/mol. The topological polar surface area (TPSA) is 134 Å². The summed E-state index contributed by atoms with van der Waals surface area (Å²) in [6.45, 7) is 0.211. The molecule has 1 aromatic carbocycles. The molecule has 1 saturated heterocycles. The molecule has 3 amide bonds. The minimum Gasteiger partial charge on any atom is -0.477 e. The van der Waals surface area contributed by atoms with Crippen LogP contribution < -0.4 is 15.6 Å². The number of aromatic nitrogens is 1. The van der Waals surface area contributed by atoms with Crippen molar-refractivity contribution in [1.29, 1.82) is 0 Å². The highest BCUT2D eigenvalue weighted by molar-refractivity contribution is 8.00. The molecule has 2 aliphatic heterocycles. The maximum atomic E-state index is 12.9. The highest BCUT2D eigenvalue weighted by Crippen LogP contribution is 2.40. The minimum atomic E-state index is -1.23. The number of nitrogens with one attached hydrogen (secondary N) is 1. The third kappa shape index (κ3) is 5.45. The first-order valence-corrected chi connectivity index (χ1v) is 13.5. The number of amides is 3. The molecule has 4 rings (SSSR count). The molecule has 0 saturated carbocycles. The number of halogens is 3. The number of primary amides is 1. The lowest BCUT2D eigenvalue weighted by atomic mass is 10.0. The monoisotopic (exact) mass is 587 g/mol. The summed E-state index contributed by atoms with van der Waals surface area (Å²) in [5.74, 6) is -2.38. The van der Waals surface area contributed by atoms with Crippen LogP contribution in [0.5, 0.6) is 0 Å². The van der Waals surface area contributed by atoms with Crippen LogP contribution >= 0.6 is 58.3 Å². The number of thioether (sulfide) groups is 2. The Morgan fingerprint density at radius 3 is 2.47 bits per heavy atom. The average Bonchev–Trinajstić information content (AvgIpc) is 2.83. The standard InChI is InChI=1S/C22H17Cl3N4O5S2/c23-12-5-14(25)15(6-13(12)24)35-9-16(30)27-17-20(32)29-18(22(33)34)11(8-36-21(17)29)7-28-3-1-10(2-4-28)19(26)31/h1-6,17,21H,7-9H2,(H3-,26,27,30,31,33,34)/p+1/t17-,21+/m0/s1. The summed E-state index contributed by atoms with van der Waals surface area (Å²) in [6, 6.07) is 5.27. The number of nitrogens with two attached hydrogens (primary N) is 1. The van der Waals surface area contributed by atoms with Gasteiger partial charge in [-0.2, -0.15) is 0 Å². The van der Waals surface area contributed by atoms with Gasteiger partial charge in [-0.15, -0.1) is 23.5 Å². The number of carboxylic acid groups (broad SMARTS) is 1. The summed E-state index contributed by atoms with van der Waals surface area (Å²) < 4.78 is 1.69. The van der Waals surface area contributed by atoms with Gasteiger partial charge < -0.3 is 16.2 Å². The number of pyridine rings is 1. The van der Waals surface area contributed by atoms with E-state index >= 15 is 0 Å². The van der Waals surface area contributed by atoms with Gasteiger partial charge in [-0.25, -0.2) is 9.36 Å². The minimum absolute atomic E-state index is 0.0241. The van der Waals surface area contributed by atoms with E-state index in [1.165, 1.54) is 34.9 Å². The highest BCUT2D eigenvalue weighted by Gasteiger charge is 2.54. The maximum absolute atomic E-state index is 12.9. The van der Waals surface area contributed by atoms with E-state index in [9.17, 15) is 24.3 Å². The lowest BCUT2D eigenvalue weighted by Gasteiger charge is -2.49. The van der Waals surface area contributed by atoms with E-state index < -0.39 is 35.1 Å². The number of nitrogens with zero attached hydrogens (tertiary/aromatic N) is 2. The van der Waals surface area contributed by atoms with Gasteiger partial charge in [0.2, 0.25) is 11.8 Å². The second-order valence-corrected chi connectivity index (χ2v) is 11.2. The van der Waals surface area contributed by atoms with Crippen molar-refractivity contribution in [3.8, 4) is 0 Å². The van der Waals surface area contributed by atoms with Gasteiger partial charge in [0.05, 0.1) is 26.4 Å². The number of carboxylic acids is 1. The Bertz CT molecular complexity index is 1310. The smallest absolute Gasteiger partial charge is 0.352 e. The molecular weight excluding hydrogens is 571 g/mol. The summed E-state index contributed by atoms with van der Waals surface area (Å²) in [5.41, 5.74) is 6.01. The summed E-state index contributed by atoms with van der Waals surface area (Å²) in [5, 5.41) is 12.9. The fraction of sp³-hybridized carbons (Fsp3) is 0.227. The molecule has 2 aliphatic rings. The molecule has 0 aliphatic carbocycles. The molecule has 9 nitrogen and oxygen atoms in total. The van der Waals surface area contributed by atoms with Crippen LogP contribution in [-0.4, -0.2) is 56.6 Å². The van der Waals surface area contributed by atoms with Crippen molar-refractivity contribution in [2.24, 2.45) is 5.73 Å². The number of benzene rings is 1. The van der Waals surface area contributed by atoms with E-state index in [1.54, 1.807) is 23.0 Å². The molecule has 36 heavy (non-hydrogen) atoms. The number of hydrogen-bond donors (Lipinski definition) is 3. The Kier molecular flexibility index (Phi) is 8.06. The Hall–Kier alpha value is -2.44. The molecule has 2 aromatic rings. The molecule has 0 bridgehead atoms. The first-order chi connectivity index (χ1) is 17.1. The third-order valence-electron chi connectivity index (χ3n) is 5.45. The van der Waals surface area contributed by atoms with Gasteiger partial charge in [0, 0.05) is 28.4 Å². The van der Waals surface area contributed by atoms with E-state index in [1.807, 2.05) is 0 Å². The van der Waals surface area contributed by atoms with E-state index in [2.05, 4.69) is 5.32 Å². The van der Waals surface area contributed by atoms with Gasteiger partial charge in [0.25, 0.3) is 5.91 Å². The molecule has 0 spiro atoms. The van der Waals surface area contributed by atoms with Gasteiger partial charge in [0.1, 0.15) is 17.1 Å². The molecule has 14 heteroatoms. The van der Waals surface area contributed by atoms with Gasteiger partial charge in [-0.05, 0) is 12.1 Å². The molecule has 0 unspecified atom stereocenters. The normalized spacial score (nSPS) is 19.0. The van der Waals surface area contributed by atoms with Crippen molar-refractivity contribution in [2.75, 3.05) is 11.5 Å². The molecule has 4 N–H and O–H groups in total. The Morgan fingerprint density at radius 2 is 1.83 bits per heavy atom. The van der Waals surface area contributed by atoms with Crippen LogP contribution in [0.4, 0.5) is 0 Å². The van der Waals surface area contributed by atoms with Crippen LogP contribution in [-0.2, 0) is 20.9 Å². The zero-order valence-corrected chi connectivity index (χ0v) is 22.1. The van der Waals surface area contributed by atoms with Crippen LogP contribution in [0, 0.1) is 0 Å². The number of carbonyl (C=O) groups excluding carboxylic acids is 3. The summed E-state index contributed by atoms with van der Waals surface area (Å²) in [7, 11) is 0. The molecule has 1 fully saturated rings. The van der Waals surface area contributed by atoms with Crippen molar-refractivity contribution < 1.29 is 28.9 Å². The van der Waals surface area contributed by atoms with Crippen LogP contribution in [0.3, 0.4) is 0 Å². The predicted octanol–water partition coefficient (Wildman–Crippen LogP) is 2.56. The van der Waals surface area contributed by atoms with Gasteiger partial charge in [-0.3, -0.25) is 19.3 Å². The summed E-state index contributed by atoms with van der Waals surface area (Å²) in [4.78, 5) is 50.5. The molecule has 188 valence electrons. The Balaban J connectivity index is 1.42. The summed E-state index contributed by atoms with van der Waals surface area (Å²) in [6.07, 6.45) is 3.23. The first-order valence-electron chi connectivity index (χ1n) is 10.3. The van der Waals surface area contributed by atoms with E-state index in [0.717, 1.165) is 11.8 Å². The Labute approximate surface area is 228 Å². The highest BCUT2D eigenvalue weighted by atomic mass is 35.5. The largest absolute Gasteiger partial charge is 0.477 e. The summed E-state index contributed by atoms with van der Waals surface area (Å²) >= 11 is 20.6. The van der Waals surface area contributed by atoms with Crippen LogP contribution in [0.25, 0.3) is 0 Å². The van der Waals surface area contributed by atoms with Gasteiger partial charge in [0.15, 0.2) is 18.9 Å². The second kappa shape index (κ2) is 10.9. The molecule has 0 radical (unpaired) electrons. The molecule has 1 aromatic heterocycles. The first kappa shape index (κ1) is 26.6. The molecule has 3 heterocycles. The zero-order valence-electron chi connectivity index (χ0n) is 18.2. The van der Waals surface area contributed by atoms with Gasteiger partial charge in [-0.1, -0.05) is 34.8 Å². The molecule has 2 atom stereocenters. The fourth-order valence-corrected chi connectivity index (χ4v) is 6.60. The van der Waals surface area contributed by atoms with E-state index in [-0.39, 0.29) is 18.0 Å². The predicted molar refractivity (Wildman–Crippen MR) is 137 cm³/mol. The number of rotatable bonds is 8. The number of aliphatic carboxylic acids is 1. The van der Waals surface area contributed by atoms with Crippen molar-refractivity contribution >= 4 is 82.0 Å². The van der Waals surface area contributed by atoms with Crippen molar-refractivity contribution in [1.82, 2.24) is 10.2 Å².